The molecule has 1 heterocycles. The minimum atomic E-state index is -0.0748. The number of piperidine rings is 1. The van der Waals surface area contributed by atoms with Crippen LogP contribution in [0.25, 0.3) is 0 Å². The van der Waals surface area contributed by atoms with E-state index < -0.39 is 0 Å². The maximum atomic E-state index is 12.0. The van der Waals surface area contributed by atoms with Gasteiger partial charge >= 0.3 is 5.97 Å². The number of nitrogens with zero attached hydrogens (tertiary/aromatic N) is 1. The van der Waals surface area contributed by atoms with Crippen LogP contribution in [0.5, 0.6) is 0 Å². The number of aryl methyl sites for hydroxylation is 1. The van der Waals surface area contributed by atoms with E-state index in [0.717, 1.165) is 54.9 Å². The van der Waals surface area contributed by atoms with Gasteiger partial charge in [-0.3, -0.25) is 4.79 Å². The predicted molar refractivity (Wildman–Crippen MR) is 119 cm³/mol. The number of likely N-dealkylation sites (tertiary alicyclic amines) is 1. The van der Waals surface area contributed by atoms with Gasteiger partial charge in [-0.2, -0.15) is 0 Å². The zero-order valence-electron chi connectivity index (χ0n) is 18.1. The van der Waals surface area contributed by atoms with E-state index in [2.05, 4.69) is 18.1 Å². The van der Waals surface area contributed by atoms with Crippen molar-refractivity contribution in [1.82, 2.24) is 0 Å². The molecule has 0 amide bonds. The van der Waals surface area contributed by atoms with Gasteiger partial charge in [-0.05, 0) is 38.3 Å². The van der Waals surface area contributed by atoms with Crippen LogP contribution in [-0.2, 0) is 14.4 Å². The van der Waals surface area contributed by atoms with Gasteiger partial charge in [0, 0.05) is 11.1 Å². The van der Waals surface area contributed by atoms with Gasteiger partial charge in [0.1, 0.15) is 18.2 Å². The van der Waals surface area contributed by atoms with E-state index >= 15 is 0 Å². The Morgan fingerprint density at radius 3 is 2.58 bits per heavy atom. The maximum absolute atomic E-state index is 12.0. The molecule has 1 aliphatic heterocycles. The van der Waals surface area contributed by atoms with Gasteiger partial charge in [-0.25, -0.2) is 0 Å². The zero-order valence-corrected chi connectivity index (χ0v) is 19.6. The summed E-state index contributed by atoms with van der Waals surface area (Å²) in [4.78, 5) is 19.1. The summed E-state index contributed by atoms with van der Waals surface area (Å²) in [6.45, 7) is 7.44. The van der Waals surface area contributed by atoms with E-state index in [1.165, 1.54) is 4.90 Å². The van der Waals surface area contributed by atoms with Crippen molar-refractivity contribution in [1.29, 1.82) is 0 Å². The quantitative estimate of drug-likeness (QED) is 0.264. The molecule has 168 valence electrons. The van der Waals surface area contributed by atoms with Gasteiger partial charge in [0.05, 0.1) is 24.7 Å². The van der Waals surface area contributed by atoms with Crippen LogP contribution in [0.4, 0.5) is 0 Å². The Bertz CT molecular complexity index is 841. The molecular weight excluding hydrogens is 435 g/mol. The summed E-state index contributed by atoms with van der Waals surface area (Å²) >= 11 is 6.44. The van der Waals surface area contributed by atoms with Crippen LogP contribution in [0.3, 0.4) is 0 Å². The van der Waals surface area contributed by atoms with Crippen molar-refractivity contribution in [3.63, 3.8) is 0 Å². The number of nitrogens with one attached hydrogen (secondary N) is 1. The van der Waals surface area contributed by atoms with Crippen molar-refractivity contribution in [2.24, 2.45) is 11.1 Å². The standard InChI is InChI=1S/C24H29ClN2O3.ClH/c1-3-29-24(28)19-10-8-14-27(17-19)15-16-30-26-23(20-11-5-4-9-18(20)2)21-12-6-7-13-22(21)25;/h4-7,9,11-13,19H,3,8,10,14-17H2,1-2H3;1H/b26-23+;/t19-;/m1./s1. The average Bonchev–Trinajstić information content (AvgIpc) is 2.76. The molecule has 1 N–H and O–H groups in total. The second kappa shape index (κ2) is 12.7. The van der Waals surface area contributed by atoms with Crippen molar-refractivity contribution in [3.8, 4) is 0 Å². The third-order valence-electron chi connectivity index (χ3n) is 5.47. The van der Waals surface area contributed by atoms with Gasteiger partial charge in [0.2, 0.25) is 0 Å². The Balaban J connectivity index is 0.00000341. The number of oxime groups is 1. The van der Waals surface area contributed by atoms with Crippen molar-refractivity contribution < 1.29 is 31.7 Å². The lowest BCUT2D eigenvalue weighted by atomic mass is 9.98. The predicted octanol–water partition coefficient (Wildman–Crippen LogP) is 0.279. The van der Waals surface area contributed by atoms with E-state index in [0.29, 0.717) is 18.2 Å². The van der Waals surface area contributed by atoms with E-state index in [-0.39, 0.29) is 24.3 Å². The van der Waals surface area contributed by atoms with E-state index in [1.807, 2.05) is 49.4 Å². The molecule has 1 fully saturated rings. The number of rotatable bonds is 8. The van der Waals surface area contributed by atoms with Gasteiger partial charge in [0.15, 0.2) is 6.61 Å². The van der Waals surface area contributed by atoms with Crippen LogP contribution in [-0.4, -0.2) is 44.5 Å². The largest absolute Gasteiger partial charge is 1.00 e. The summed E-state index contributed by atoms with van der Waals surface area (Å²) in [6.07, 6.45) is 1.93. The van der Waals surface area contributed by atoms with Crippen LogP contribution in [0.15, 0.2) is 53.7 Å². The second-order valence-electron chi connectivity index (χ2n) is 7.61. The molecule has 2 aromatic rings. The van der Waals surface area contributed by atoms with Gasteiger partial charge in [-0.1, -0.05) is 59.2 Å². The maximum Gasteiger partial charge on any atom is 0.314 e. The Morgan fingerprint density at radius 2 is 1.87 bits per heavy atom. The first-order valence-electron chi connectivity index (χ1n) is 10.6. The van der Waals surface area contributed by atoms with Crippen molar-refractivity contribution >= 4 is 23.3 Å². The molecule has 7 heteroatoms. The fourth-order valence-corrected chi connectivity index (χ4v) is 4.10. The van der Waals surface area contributed by atoms with Crippen LogP contribution < -0.4 is 17.3 Å². The van der Waals surface area contributed by atoms with Crippen LogP contribution in [0.2, 0.25) is 5.02 Å². The highest BCUT2D eigenvalue weighted by Crippen LogP contribution is 2.22. The normalized spacial score (nSPS) is 18.7. The molecule has 1 unspecified atom stereocenters. The molecule has 1 aliphatic rings. The smallest absolute Gasteiger partial charge is 0.314 e. The summed E-state index contributed by atoms with van der Waals surface area (Å²) in [5, 5.41) is 5.12. The number of halogens is 2. The van der Waals surface area contributed by atoms with Crippen LogP contribution in [0, 0.1) is 12.8 Å². The summed E-state index contributed by atoms with van der Waals surface area (Å²) in [5.74, 6) is -0.0861. The molecular formula is C24H30Cl2N2O3. The molecule has 0 aliphatic carbocycles. The first kappa shape index (κ1) is 25.2. The monoisotopic (exact) mass is 464 g/mol. The molecule has 1 saturated heterocycles. The van der Waals surface area contributed by atoms with Crippen molar-refractivity contribution in [2.45, 2.75) is 26.7 Å². The average molecular weight is 465 g/mol. The number of hydrogen-bond donors (Lipinski definition) is 1. The third-order valence-corrected chi connectivity index (χ3v) is 5.80. The topological polar surface area (TPSA) is 52.3 Å². The lowest BCUT2D eigenvalue weighted by Gasteiger charge is -2.28. The van der Waals surface area contributed by atoms with Crippen LogP contribution >= 0.6 is 11.6 Å². The summed E-state index contributed by atoms with van der Waals surface area (Å²) in [7, 11) is 0. The highest BCUT2D eigenvalue weighted by molar-refractivity contribution is 6.35. The molecule has 5 nitrogen and oxygen atoms in total. The first-order valence-corrected chi connectivity index (χ1v) is 11.0. The first-order chi connectivity index (χ1) is 14.6. The summed E-state index contributed by atoms with van der Waals surface area (Å²) in [5.41, 5.74) is 3.69. The van der Waals surface area contributed by atoms with Crippen LogP contribution in [0.1, 0.15) is 36.5 Å². The molecule has 31 heavy (non-hydrogen) atoms. The van der Waals surface area contributed by atoms with E-state index in [1.54, 1.807) is 0 Å². The SMILES string of the molecule is CCOC(=O)[C@@H]1CCC[NH+](CCO/N=C(\c2ccccc2C)c2ccccc2Cl)C1.[Cl-]. The van der Waals surface area contributed by atoms with Gasteiger partial charge in [0.25, 0.3) is 0 Å². The number of carbonyl (C=O) groups excluding carboxylic acids is 1. The Kier molecular flexibility index (Phi) is 10.3. The number of hydrogen-bond acceptors (Lipinski definition) is 4. The molecule has 2 aromatic carbocycles. The lowest BCUT2D eigenvalue weighted by molar-refractivity contribution is -0.908. The fraction of sp³-hybridized carbons (Fsp3) is 0.417. The Labute approximate surface area is 195 Å². The van der Waals surface area contributed by atoms with Crippen molar-refractivity contribution in [2.75, 3.05) is 32.8 Å². The molecule has 2 atom stereocenters. The number of carbonyl (C=O) groups is 1. The van der Waals surface area contributed by atoms with Gasteiger partial charge in [-0.15, -0.1) is 0 Å². The molecule has 0 bridgehead atoms. The number of esters is 1. The minimum Gasteiger partial charge on any atom is -1.00 e. The molecule has 0 radical (unpaired) electrons. The Morgan fingerprint density at radius 1 is 1.16 bits per heavy atom. The second-order valence-corrected chi connectivity index (χ2v) is 8.02. The highest BCUT2D eigenvalue weighted by atomic mass is 35.5. The molecule has 0 saturated carbocycles. The number of ether oxygens (including phenoxy) is 1. The molecule has 0 aromatic heterocycles. The van der Waals surface area contributed by atoms with E-state index in [9.17, 15) is 4.79 Å². The highest BCUT2D eigenvalue weighted by Gasteiger charge is 2.29. The third kappa shape index (κ3) is 6.96. The van der Waals surface area contributed by atoms with Crippen molar-refractivity contribution in [3.05, 3.63) is 70.2 Å². The van der Waals surface area contributed by atoms with Gasteiger partial charge < -0.3 is 26.9 Å². The summed E-state index contributed by atoms with van der Waals surface area (Å²) in [6, 6.07) is 15.7. The summed E-state index contributed by atoms with van der Waals surface area (Å²) < 4.78 is 5.19. The molecule has 0 spiro atoms. The molecule has 3 rings (SSSR count). The Hall–Kier alpha value is -2.08. The number of benzene rings is 2. The minimum absolute atomic E-state index is 0. The zero-order chi connectivity index (χ0) is 21.3. The lowest BCUT2D eigenvalue weighted by Crippen LogP contribution is -3.14. The number of quaternary nitrogens is 1. The van der Waals surface area contributed by atoms with E-state index in [4.69, 9.17) is 21.2 Å². The fourth-order valence-electron chi connectivity index (χ4n) is 3.87.